The Balaban J connectivity index is 1.87. The Hall–Kier alpha value is -2.60. The molecule has 0 unspecified atom stereocenters. The molecule has 150 valence electrons. The molecule has 0 aliphatic rings. The van der Waals surface area contributed by atoms with E-state index in [1.807, 2.05) is 24.3 Å². The van der Waals surface area contributed by atoms with Gasteiger partial charge in [0.2, 0.25) is 0 Å². The Morgan fingerprint density at radius 1 is 1.07 bits per heavy atom. The van der Waals surface area contributed by atoms with E-state index in [1.54, 1.807) is 24.3 Å². The van der Waals surface area contributed by atoms with E-state index in [0.717, 1.165) is 30.0 Å². The van der Waals surface area contributed by atoms with E-state index in [1.165, 1.54) is 0 Å². The summed E-state index contributed by atoms with van der Waals surface area (Å²) in [6.07, 6.45) is 2.09. The third kappa shape index (κ3) is 7.56. The third-order valence-corrected chi connectivity index (χ3v) is 3.99. The van der Waals surface area contributed by atoms with Gasteiger partial charge in [-0.2, -0.15) is 0 Å². The predicted octanol–water partition coefficient (Wildman–Crippen LogP) is 5.03. The third-order valence-electron chi connectivity index (χ3n) is 3.79. The number of amides is 1. The zero-order valence-corrected chi connectivity index (χ0v) is 17.5. The van der Waals surface area contributed by atoms with Gasteiger partial charge in [-0.25, -0.2) is 0 Å². The Bertz CT molecular complexity index is 776. The number of hydrogen-bond donors (Lipinski definition) is 2. The van der Waals surface area contributed by atoms with Gasteiger partial charge in [0.15, 0.2) is 5.11 Å². The Morgan fingerprint density at radius 3 is 2.50 bits per heavy atom. The molecule has 2 aromatic rings. The van der Waals surface area contributed by atoms with Crippen LogP contribution in [0.1, 0.15) is 44.0 Å². The minimum Gasteiger partial charge on any atom is -0.494 e. The molecular formula is C22H28N2O3S. The molecule has 0 spiro atoms. The molecular weight excluding hydrogens is 372 g/mol. The number of carbonyl (C=O) groups excluding carboxylic acids is 1. The summed E-state index contributed by atoms with van der Waals surface area (Å²) in [5.74, 6) is 1.68. The summed E-state index contributed by atoms with van der Waals surface area (Å²) in [5, 5.41) is 5.93. The second-order valence-corrected chi connectivity index (χ2v) is 7.28. The summed E-state index contributed by atoms with van der Waals surface area (Å²) in [6, 6.07) is 14.5. The van der Waals surface area contributed by atoms with Crippen molar-refractivity contribution in [3.8, 4) is 11.5 Å². The van der Waals surface area contributed by atoms with Crippen LogP contribution in [0.2, 0.25) is 0 Å². The summed E-state index contributed by atoms with van der Waals surface area (Å²) in [7, 11) is 0. The maximum absolute atomic E-state index is 12.4. The van der Waals surface area contributed by atoms with Crippen LogP contribution >= 0.6 is 12.2 Å². The highest BCUT2D eigenvalue weighted by atomic mass is 32.1. The van der Waals surface area contributed by atoms with Crippen LogP contribution in [-0.4, -0.2) is 24.2 Å². The van der Waals surface area contributed by atoms with Crippen molar-refractivity contribution in [2.45, 2.75) is 33.6 Å². The second-order valence-electron chi connectivity index (χ2n) is 6.87. The molecule has 5 nitrogen and oxygen atoms in total. The van der Waals surface area contributed by atoms with Crippen molar-refractivity contribution in [3.63, 3.8) is 0 Å². The SMILES string of the molecule is CCCCOc1ccc(C(=O)NC(=S)Nc2cccc(OCC(C)C)c2)cc1. The highest BCUT2D eigenvalue weighted by molar-refractivity contribution is 7.80. The number of carbonyl (C=O) groups is 1. The second kappa shape index (κ2) is 11.3. The van der Waals surface area contributed by atoms with E-state index in [2.05, 4.69) is 31.4 Å². The maximum atomic E-state index is 12.4. The lowest BCUT2D eigenvalue weighted by atomic mass is 10.2. The van der Waals surface area contributed by atoms with Crippen molar-refractivity contribution < 1.29 is 14.3 Å². The molecule has 2 N–H and O–H groups in total. The first-order valence-corrected chi connectivity index (χ1v) is 9.96. The molecule has 1 amide bonds. The predicted molar refractivity (Wildman–Crippen MR) is 117 cm³/mol. The zero-order valence-electron chi connectivity index (χ0n) is 16.7. The molecule has 0 aliphatic heterocycles. The van der Waals surface area contributed by atoms with Gasteiger partial charge in [-0.05, 0) is 61.0 Å². The van der Waals surface area contributed by atoms with E-state index >= 15 is 0 Å². The van der Waals surface area contributed by atoms with Gasteiger partial charge in [-0.1, -0.05) is 33.3 Å². The maximum Gasteiger partial charge on any atom is 0.257 e. The lowest BCUT2D eigenvalue weighted by molar-refractivity contribution is 0.0977. The van der Waals surface area contributed by atoms with Gasteiger partial charge in [0, 0.05) is 17.3 Å². The van der Waals surface area contributed by atoms with Crippen molar-refractivity contribution in [2.75, 3.05) is 18.5 Å². The topological polar surface area (TPSA) is 59.6 Å². The molecule has 0 saturated carbocycles. The van der Waals surface area contributed by atoms with Crippen LogP contribution in [0.15, 0.2) is 48.5 Å². The first-order valence-electron chi connectivity index (χ1n) is 9.56. The molecule has 0 saturated heterocycles. The number of nitrogens with one attached hydrogen (secondary N) is 2. The molecule has 28 heavy (non-hydrogen) atoms. The smallest absolute Gasteiger partial charge is 0.257 e. The quantitative estimate of drug-likeness (QED) is 0.457. The summed E-state index contributed by atoms with van der Waals surface area (Å²) >= 11 is 5.25. The van der Waals surface area contributed by atoms with E-state index in [4.69, 9.17) is 21.7 Å². The van der Waals surface area contributed by atoms with Crippen LogP contribution < -0.4 is 20.1 Å². The molecule has 0 aliphatic carbocycles. The fourth-order valence-corrected chi connectivity index (χ4v) is 2.51. The van der Waals surface area contributed by atoms with Crippen LogP contribution in [0, 0.1) is 5.92 Å². The zero-order chi connectivity index (χ0) is 20.4. The normalized spacial score (nSPS) is 10.4. The number of anilines is 1. The summed E-state index contributed by atoms with van der Waals surface area (Å²) in [6.45, 7) is 7.62. The van der Waals surface area contributed by atoms with Crippen molar-refractivity contribution in [2.24, 2.45) is 5.92 Å². The number of hydrogen-bond acceptors (Lipinski definition) is 4. The highest BCUT2D eigenvalue weighted by Gasteiger charge is 2.09. The Kier molecular flexibility index (Phi) is 8.75. The van der Waals surface area contributed by atoms with E-state index in [-0.39, 0.29) is 11.0 Å². The molecule has 0 heterocycles. The Morgan fingerprint density at radius 2 is 1.82 bits per heavy atom. The summed E-state index contributed by atoms with van der Waals surface area (Å²) in [5.41, 5.74) is 1.27. The number of unbranched alkanes of at least 4 members (excludes halogenated alkanes) is 1. The Labute approximate surface area is 172 Å². The molecule has 0 radical (unpaired) electrons. The fraction of sp³-hybridized carbons (Fsp3) is 0.364. The molecule has 2 aromatic carbocycles. The standard InChI is InChI=1S/C22H28N2O3S/c1-4-5-13-26-19-11-9-17(10-12-19)21(25)24-22(28)23-18-7-6-8-20(14-18)27-15-16(2)3/h6-12,14,16H,4-5,13,15H2,1-3H3,(H2,23,24,25,28). The number of benzene rings is 2. The number of thiocarbonyl (C=S) groups is 1. The van der Waals surface area contributed by atoms with Crippen LogP contribution in [0.25, 0.3) is 0 Å². The van der Waals surface area contributed by atoms with E-state index < -0.39 is 0 Å². The first-order chi connectivity index (χ1) is 13.5. The van der Waals surface area contributed by atoms with Gasteiger partial charge in [0.1, 0.15) is 11.5 Å². The lowest BCUT2D eigenvalue weighted by Gasteiger charge is -2.12. The van der Waals surface area contributed by atoms with Gasteiger partial charge in [-0.15, -0.1) is 0 Å². The average Bonchev–Trinajstić information content (AvgIpc) is 2.67. The first kappa shape index (κ1) is 21.7. The fourth-order valence-electron chi connectivity index (χ4n) is 2.30. The molecule has 2 rings (SSSR count). The van der Waals surface area contributed by atoms with Crippen LogP contribution in [-0.2, 0) is 0 Å². The van der Waals surface area contributed by atoms with Gasteiger partial charge >= 0.3 is 0 Å². The van der Waals surface area contributed by atoms with Gasteiger partial charge < -0.3 is 14.8 Å². The monoisotopic (exact) mass is 400 g/mol. The minimum absolute atomic E-state index is 0.231. The van der Waals surface area contributed by atoms with E-state index in [0.29, 0.717) is 24.7 Å². The van der Waals surface area contributed by atoms with Crippen molar-refractivity contribution in [3.05, 3.63) is 54.1 Å². The summed E-state index contributed by atoms with van der Waals surface area (Å²) in [4.78, 5) is 12.4. The van der Waals surface area contributed by atoms with Crippen molar-refractivity contribution in [1.82, 2.24) is 5.32 Å². The molecule has 0 aromatic heterocycles. The van der Waals surface area contributed by atoms with Gasteiger partial charge in [0.05, 0.1) is 13.2 Å². The summed E-state index contributed by atoms with van der Waals surface area (Å²) < 4.78 is 11.3. The minimum atomic E-state index is -0.273. The van der Waals surface area contributed by atoms with Crippen molar-refractivity contribution in [1.29, 1.82) is 0 Å². The molecule has 0 atom stereocenters. The number of rotatable bonds is 9. The van der Waals surface area contributed by atoms with Crippen LogP contribution in [0.5, 0.6) is 11.5 Å². The van der Waals surface area contributed by atoms with E-state index in [9.17, 15) is 4.79 Å². The van der Waals surface area contributed by atoms with Gasteiger partial charge in [-0.3, -0.25) is 10.1 Å². The average molecular weight is 401 g/mol. The van der Waals surface area contributed by atoms with Crippen molar-refractivity contribution >= 4 is 28.9 Å². The number of ether oxygens (including phenoxy) is 2. The van der Waals surface area contributed by atoms with Gasteiger partial charge in [0.25, 0.3) is 5.91 Å². The molecule has 6 heteroatoms. The highest BCUT2D eigenvalue weighted by Crippen LogP contribution is 2.18. The van der Waals surface area contributed by atoms with Crippen LogP contribution in [0.4, 0.5) is 5.69 Å². The lowest BCUT2D eigenvalue weighted by Crippen LogP contribution is -2.34. The molecule has 0 fully saturated rings. The largest absolute Gasteiger partial charge is 0.494 e. The van der Waals surface area contributed by atoms with Crippen LogP contribution in [0.3, 0.4) is 0 Å². The molecule has 0 bridgehead atoms.